The highest BCUT2D eigenvalue weighted by Crippen LogP contribution is 2.37. The number of hydrogen-bond donors (Lipinski definition) is 3. The van der Waals surface area contributed by atoms with Crippen LogP contribution < -0.4 is 21.1 Å². The normalized spacial score (nSPS) is 15.1. The zero-order valence-corrected chi connectivity index (χ0v) is 20.3. The Labute approximate surface area is 209 Å². The van der Waals surface area contributed by atoms with Crippen molar-refractivity contribution in [2.75, 3.05) is 17.2 Å². The zero-order valence-electron chi connectivity index (χ0n) is 20.3. The zero-order chi connectivity index (χ0) is 26.3. The maximum absolute atomic E-state index is 14.3. The van der Waals surface area contributed by atoms with Crippen molar-refractivity contribution in [3.8, 4) is 5.75 Å². The van der Waals surface area contributed by atoms with Gasteiger partial charge >= 0.3 is 11.8 Å². The summed E-state index contributed by atoms with van der Waals surface area (Å²) < 4.78 is 40.6. The fourth-order valence-corrected chi connectivity index (χ4v) is 4.17. The van der Waals surface area contributed by atoms with E-state index in [9.17, 15) is 18.4 Å². The molecule has 5 rings (SSSR count). The largest absolute Gasteiger partial charge is 0.490 e. The quantitative estimate of drug-likeness (QED) is 0.358. The van der Waals surface area contributed by atoms with E-state index in [-0.39, 0.29) is 35.3 Å². The lowest BCUT2D eigenvalue weighted by atomic mass is 10.00. The van der Waals surface area contributed by atoms with Crippen LogP contribution in [-0.4, -0.2) is 37.8 Å². The Balaban J connectivity index is 1.51. The van der Waals surface area contributed by atoms with E-state index in [1.165, 1.54) is 35.0 Å². The van der Waals surface area contributed by atoms with Crippen LogP contribution in [0.5, 0.6) is 5.75 Å². The summed E-state index contributed by atoms with van der Waals surface area (Å²) in [5.41, 5.74) is 0.398. The minimum Gasteiger partial charge on any atom is -0.490 e. The van der Waals surface area contributed by atoms with Gasteiger partial charge in [-0.25, -0.2) is 23.4 Å². The Morgan fingerprint density at radius 2 is 2.03 bits per heavy atom. The van der Waals surface area contributed by atoms with E-state index in [1.54, 1.807) is 32.9 Å². The van der Waals surface area contributed by atoms with Crippen molar-refractivity contribution >= 4 is 34.6 Å². The van der Waals surface area contributed by atoms with Gasteiger partial charge in [-0.05, 0) is 45.0 Å². The third kappa shape index (κ3) is 4.95. The lowest BCUT2D eigenvalue weighted by molar-refractivity contribution is 0.0636. The molecule has 1 amide bonds. The van der Waals surface area contributed by atoms with Gasteiger partial charge in [-0.1, -0.05) is 12.1 Å². The van der Waals surface area contributed by atoms with Crippen LogP contribution in [0.3, 0.4) is 0 Å². The van der Waals surface area contributed by atoms with Crippen molar-refractivity contribution in [3.63, 3.8) is 0 Å². The van der Waals surface area contributed by atoms with E-state index >= 15 is 0 Å². The first-order chi connectivity index (χ1) is 17.6. The Morgan fingerprint density at radius 1 is 1.22 bits per heavy atom. The predicted octanol–water partition coefficient (Wildman–Crippen LogP) is 4.86. The lowest BCUT2D eigenvalue weighted by Crippen LogP contribution is -2.28. The van der Waals surface area contributed by atoms with Gasteiger partial charge in [-0.2, -0.15) is 4.98 Å². The Kier molecular flexibility index (Phi) is 6.02. The first kappa shape index (κ1) is 24.2. The summed E-state index contributed by atoms with van der Waals surface area (Å²) in [7, 11) is 0. The van der Waals surface area contributed by atoms with Gasteiger partial charge in [0.25, 0.3) is 0 Å². The summed E-state index contributed by atoms with van der Waals surface area (Å²) in [5.74, 6) is -0.921. The number of rotatable bonds is 4. The number of amides is 1. The maximum Gasteiger partial charge on any atom is 0.412 e. The molecule has 1 aliphatic rings. The van der Waals surface area contributed by atoms with Crippen molar-refractivity contribution in [3.05, 3.63) is 70.3 Å². The van der Waals surface area contributed by atoms with Crippen LogP contribution in [0.25, 0.3) is 11.2 Å². The standard InChI is InChI=1S/C25H24F2N6O4/c1-25(2,3)37-24(35)31-16-8-7-13(26)11-17(16)29-22-28-12-18-21(32-22)33(23(34)30-18)19-9-10-36-20-14(19)5-4-6-15(20)27/h4-8,11-12,19H,9-10H2,1-3H3,(H,30,34)(H,31,35)(H,28,29,32)/t19-/m1/s1. The molecule has 0 radical (unpaired) electrons. The van der Waals surface area contributed by atoms with Crippen LogP contribution in [-0.2, 0) is 4.74 Å². The van der Waals surface area contributed by atoms with Crippen molar-refractivity contribution in [2.45, 2.75) is 38.8 Å². The number of benzene rings is 2. The summed E-state index contributed by atoms with van der Waals surface area (Å²) in [5, 5.41) is 5.47. The highest BCUT2D eigenvalue weighted by atomic mass is 19.1. The maximum atomic E-state index is 14.3. The van der Waals surface area contributed by atoms with Gasteiger partial charge in [-0.3, -0.25) is 9.88 Å². The molecular formula is C25H24F2N6O4. The molecular weight excluding hydrogens is 486 g/mol. The second-order valence-corrected chi connectivity index (χ2v) is 9.48. The molecule has 3 N–H and O–H groups in total. The fraction of sp³-hybridized carbons (Fsp3) is 0.280. The molecule has 2 aromatic heterocycles. The summed E-state index contributed by atoms with van der Waals surface area (Å²) in [6.45, 7) is 5.39. The van der Waals surface area contributed by atoms with Gasteiger partial charge in [0.2, 0.25) is 5.95 Å². The van der Waals surface area contributed by atoms with E-state index in [0.717, 1.165) is 0 Å². The van der Waals surface area contributed by atoms with E-state index in [1.807, 2.05) is 0 Å². The van der Waals surface area contributed by atoms with Crippen molar-refractivity contribution in [1.29, 1.82) is 0 Å². The molecule has 37 heavy (non-hydrogen) atoms. The van der Waals surface area contributed by atoms with Crippen molar-refractivity contribution in [1.82, 2.24) is 19.5 Å². The minimum absolute atomic E-state index is 0.0459. The Bertz CT molecular complexity index is 1560. The summed E-state index contributed by atoms with van der Waals surface area (Å²) in [6.07, 6.45) is 1.11. The average Bonchev–Trinajstić information content (AvgIpc) is 3.14. The molecule has 0 saturated carbocycles. The van der Waals surface area contributed by atoms with Crippen LogP contribution in [0, 0.1) is 11.6 Å². The second-order valence-electron chi connectivity index (χ2n) is 9.48. The molecule has 1 atom stereocenters. The van der Waals surface area contributed by atoms with Crippen molar-refractivity contribution < 1.29 is 23.0 Å². The topological polar surface area (TPSA) is 123 Å². The molecule has 0 spiro atoms. The molecule has 0 unspecified atom stereocenters. The number of nitrogens with one attached hydrogen (secondary N) is 3. The number of halogens is 2. The number of aromatic amines is 1. The number of imidazole rings is 1. The smallest absolute Gasteiger partial charge is 0.412 e. The number of carbonyl (C=O) groups excluding carboxylic acids is 1. The Morgan fingerprint density at radius 3 is 2.81 bits per heavy atom. The van der Waals surface area contributed by atoms with E-state index in [0.29, 0.717) is 17.5 Å². The van der Waals surface area contributed by atoms with Crippen LogP contribution in [0.4, 0.5) is 30.9 Å². The first-order valence-corrected chi connectivity index (χ1v) is 11.5. The number of H-pyrrole nitrogens is 1. The van der Waals surface area contributed by atoms with E-state index in [2.05, 4.69) is 25.6 Å². The minimum atomic E-state index is -0.727. The monoisotopic (exact) mass is 510 g/mol. The van der Waals surface area contributed by atoms with Crippen LogP contribution in [0.15, 0.2) is 47.4 Å². The van der Waals surface area contributed by atoms with Gasteiger partial charge in [0.15, 0.2) is 17.2 Å². The van der Waals surface area contributed by atoms with Crippen LogP contribution >= 0.6 is 0 Å². The van der Waals surface area contributed by atoms with E-state index in [4.69, 9.17) is 9.47 Å². The van der Waals surface area contributed by atoms with Gasteiger partial charge in [-0.15, -0.1) is 0 Å². The van der Waals surface area contributed by atoms with Gasteiger partial charge in [0.1, 0.15) is 16.9 Å². The number of hydrogen-bond acceptors (Lipinski definition) is 7. The predicted molar refractivity (Wildman–Crippen MR) is 132 cm³/mol. The van der Waals surface area contributed by atoms with Gasteiger partial charge < -0.3 is 19.8 Å². The van der Waals surface area contributed by atoms with Gasteiger partial charge in [0.05, 0.1) is 30.2 Å². The molecule has 0 fully saturated rings. The number of para-hydroxylation sites is 1. The molecule has 1 aliphatic heterocycles. The first-order valence-electron chi connectivity index (χ1n) is 11.5. The van der Waals surface area contributed by atoms with E-state index < -0.39 is 35.1 Å². The lowest BCUT2D eigenvalue weighted by Gasteiger charge is -2.26. The average molecular weight is 511 g/mol. The second kappa shape index (κ2) is 9.19. The fourth-order valence-electron chi connectivity index (χ4n) is 4.17. The molecule has 3 heterocycles. The summed E-state index contributed by atoms with van der Waals surface area (Å²) in [6, 6.07) is 7.76. The molecule has 4 aromatic rings. The van der Waals surface area contributed by atoms with Crippen molar-refractivity contribution in [2.24, 2.45) is 0 Å². The molecule has 192 valence electrons. The van der Waals surface area contributed by atoms with Crippen LogP contribution in [0.1, 0.15) is 38.8 Å². The Hall–Kier alpha value is -4.48. The molecule has 0 aliphatic carbocycles. The number of anilines is 3. The summed E-state index contributed by atoms with van der Waals surface area (Å²) in [4.78, 5) is 36.6. The number of aromatic nitrogens is 4. The molecule has 12 heteroatoms. The molecule has 10 nitrogen and oxygen atoms in total. The highest BCUT2D eigenvalue weighted by molar-refractivity contribution is 5.90. The molecule has 2 aromatic carbocycles. The highest BCUT2D eigenvalue weighted by Gasteiger charge is 2.29. The third-order valence-electron chi connectivity index (χ3n) is 5.63. The number of nitrogens with zero attached hydrogens (tertiary/aromatic N) is 3. The third-order valence-corrected chi connectivity index (χ3v) is 5.63. The SMILES string of the molecule is CC(C)(C)OC(=O)Nc1ccc(F)cc1Nc1ncc2[nH]c(=O)n([C@@H]3CCOc4c(F)cccc43)c2n1. The van der Waals surface area contributed by atoms with Crippen LogP contribution in [0.2, 0.25) is 0 Å². The van der Waals surface area contributed by atoms with Gasteiger partial charge in [0, 0.05) is 12.0 Å². The number of carbonyl (C=O) groups is 1. The summed E-state index contributed by atoms with van der Waals surface area (Å²) >= 11 is 0. The number of ether oxygens (including phenoxy) is 2. The molecule has 0 saturated heterocycles. The number of fused-ring (bicyclic) bond motifs is 2. The molecule has 0 bridgehead atoms.